The third-order valence-electron chi connectivity index (χ3n) is 3.53. The van der Waals surface area contributed by atoms with E-state index in [0.717, 1.165) is 17.9 Å². The highest BCUT2D eigenvalue weighted by Gasteiger charge is 2.19. The Morgan fingerprint density at radius 3 is 2.84 bits per heavy atom. The van der Waals surface area contributed by atoms with Crippen LogP contribution in [0.1, 0.15) is 19.3 Å². The lowest BCUT2D eigenvalue weighted by molar-refractivity contribution is 0.181. The molecule has 0 amide bonds. The number of aromatic nitrogens is 1. The Morgan fingerprint density at radius 2 is 2.21 bits per heavy atom. The van der Waals surface area contributed by atoms with Gasteiger partial charge in [0, 0.05) is 10.6 Å². The van der Waals surface area contributed by atoms with Crippen molar-refractivity contribution in [2.75, 3.05) is 12.3 Å². The smallest absolute Gasteiger partial charge is 0.230 e. The predicted molar refractivity (Wildman–Crippen MR) is 74.2 cm³/mol. The molecule has 0 spiro atoms. The lowest BCUT2D eigenvalue weighted by Crippen LogP contribution is -2.19. The van der Waals surface area contributed by atoms with Gasteiger partial charge < -0.3 is 15.0 Å². The molecule has 2 N–H and O–H groups in total. The van der Waals surface area contributed by atoms with Gasteiger partial charge in [0.15, 0.2) is 0 Å². The molecular formula is C14H15ClN2O2. The van der Waals surface area contributed by atoms with Crippen molar-refractivity contribution < 1.29 is 9.26 Å². The maximum Gasteiger partial charge on any atom is 0.230 e. The number of halogens is 1. The number of rotatable bonds is 4. The first-order valence-corrected chi connectivity index (χ1v) is 6.74. The minimum Gasteiger partial charge on any atom is -0.493 e. The molecular weight excluding hydrogens is 264 g/mol. The van der Waals surface area contributed by atoms with Crippen LogP contribution >= 0.6 is 11.6 Å². The molecule has 1 saturated carbocycles. The van der Waals surface area contributed by atoms with Crippen molar-refractivity contribution in [2.45, 2.75) is 19.3 Å². The van der Waals surface area contributed by atoms with E-state index in [9.17, 15) is 0 Å². The SMILES string of the molecule is Nc1oncc1-c1cc(Cl)ccc1OCC1CCC1. The number of nitrogen functional groups attached to an aromatic ring is 1. The van der Waals surface area contributed by atoms with Gasteiger partial charge in [-0.1, -0.05) is 23.2 Å². The molecule has 0 unspecified atom stereocenters. The lowest BCUT2D eigenvalue weighted by atomic mass is 9.86. The van der Waals surface area contributed by atoms with Crippen molar-refractivity contribution in [3.63, 3.8) is 0 Å². The number of nitrogens with two attached hydrogens (primary N) is 1. The van der Waals surface area contributed by atoms with Gasteiger partial charge in [-0.15, -0.1) is 0 Å². The zero-order valence-corrected chi connectivity index (χ0v) is 11.2. The monoisotopic (exact) mass is 278 g/mol. The Morgan fingerprint density at radius 1 is 1.37 bits per heavy atom. The largest absolute Gasteiger partial charge is 0.493 e. The van der Waals surface area contributed by atoms with E-state index in [0.29, 0.717) is 16.5 Å². The molecule has 5 heteroatoms. The third kappa shape index (κ3) is 2.54. The summed E-state index contributed by atoms with van der Waals surface area (Å²) in [6.45, 7) is 0.736. The van der Waals surface area contributed by atoms with Crippen LogP contribution in [-0.2, 0) is 0 Å². The lowest BCUT2D eigenvalue weighted by Gasteiger charge is -2.25. The van der Waals surface area contributed by atoms with E-state index in [1.807, 2.05) is 18.2 Å². The minimum absolute atomic E-state index is 0.274. The minimum atomic E-state index is 0.274. The van der Waals surface area contributed by atoms with Gasteiger partial charge in [-0.05, 0) is 37.0 Å². The maximum atomic E-state index is 6.04. The van der Waals surface area contributed by atoms with Crippen LogP contribution in [0.2, 0.25) is 5.02 Å². The van der Waals surface area contributed by atoms with E-state index >= 15 is 0 Å². The normalized spacial score (nSPS) is 15.2. The molecule has 1 fully saturated rings. The molecule has 1 aliphatic carbocycles. The molecule has 0 bridgehead atoms. The van der Waals surface area contributed by atoms with Gasteiger partial charge in [-0.25, -0.2) is 0 Å². The zero-order chi connectivity index (χ0) is 13.2. The fourth-order valence-corrected chi connectivity index (χ4v) is 2.33. The highest BCUT2D eigenvalue weighted by molar-refractivity contribution is 6.31. The van der Waals surface area contributed by atoms with Crippen LogP contribution in [0.3, 0.4) is 0 Å². The Hall–Kier alpha value is -1.68. The number of hydrogen-bond donors (Lipinski definition) is 1. The van der Waals surface area contributed by atoms with E-state index in [2.05, 4.69) is 5.16 Å². The first kappa shape index (κ1) is 12.4. The maximum absolute atomic E-state index is 6.04. The van der Waals surface area contributed by atoms with Gasteiger partial charge in [-0.2, -0.15) is 0 Å². The topological polar surface area (TPSA) is 61.3 Å². The summed E-state index contributed by atoms with van der Waals surface area (Å²) in [5, 5.41) is 4.32. The molecule has 4 nitrogen and oxygen atoms in total. The standard InChI is InChI=1S/C14H15ClN2O2/c15-10-4-5-13(18-8-9-2-1-3-9)11(6-10)12-7-17-19-14(12)16/h4-7,9H,1-3,8,16H2. The number of hydrogen-bond acceptors (Lipinski definition) is 4. The molecule has 1 aromatic carbocycles. The molecule has 19 heavy (non-hydrogen) atoms. The van der Waals surface area contributed by atoms with Crippen LogP contribution in [0.4, 0.5) is 5.88 Å². The van der Waals surface area contributed by atoms with Crippen LogP contribution in [0.25, 0.3) is 11.1 Å². The first-order chi connectivity index (χ1) is 9.24. The average Bonchev–Trinajstić information content (AvgIpc) is 2.75. The summed E-state index contributed by atoms with van der Waals surface area (Å²) in [5.41, 5.74) is 7.30. The Balaban J connectivity index is 1.88. The van der Waals surface area contributed by atoms with Gasteiger partial charge in [-0.3, -0.25) is 0 Å². The second kappa shape index (κ2) is 5.13. The van der Waals surface area contributed by atoms with E-state index in [1.165, 1.54) is 19.3 Å². The molecule has 0 atom stereocenters. The second-order valence-corrected chi connectivity index (χ2v) is 5.29. The zero-order valence-electron chi connectivity index (χ0n) is 10.4. The van der Waals surface area contributed by atoms with Crippen LogP contribution in [0.15, 0.2) is 28.9 Å². The van der Waals surface area contributed by atoms with Gasteiger partial charge in [0.2, 0.25) is 5.88 Å². The summed E-state index contributed by atoms with van der Waals surface area (Å²) in [7, 11) is 0. The van der Waals surface area contributed by atoms with Crippen molar-refractivity contribution in [3.05, 3.63) is 29.4 Å². The Bertz CT molecular complexity index is 579. The quantitative estimate of drug-likeness (QED) is 0.925. The third-order valence-corrected chi connectivity index (χ3v) is 3.76. The summed E-state index contributed by atoms with van der Waals surface area (Å²) in [4.78, 5) is 0. The Labute approximate surface area is 116 Å². The van der Waals surface area contributed by atoms with Gasteiger partial charge >= 0.3 is 0 Å². The molecule has 1 aliphatic rings. The van der Waals surface area contributed by atoms with Crippen LogP contribution in [0, 0.1) is 5.92 Å². The molecule has 0 saturated heterocycles. The molecule has 100 valence electrons. The van der Waals surface area contributed by atoms with Gasteiger partial charge in [0.1, 0.15) is 5.75 Å². The van der Waals surface area contributed by atoms with E-state index in [-0.39, 0.29) is 5.88 Å². The predicted octanol–water partition coefficient (Wildman–Crippen LogP) is 3.76. The van der Waals surface area contributed by atoms with Crippen molar-refractivity contribution >= 4 is 17.5 Å². The van der Waals surface area contributed by atoms with Crippen molar-refractivity contribution in [2.24, 2.45) is 5.92 Å². The number of nitrogens with zero attached hydrogens (tertiary/aromatic N) is 1. The van der Waals surface area contributed by atoms with Gasteiger partial charge in [0.05, 0.1) is 18.4 Å². The summed E-state index contributed by atoms with van der Waals surface area (Å²) in [5.74, 6) is 1.71. The van der Waals surface area contributed by atoms with Gasteiger partial charge in [0.25, 0.3) is 0 Å². The first-order valence-electron chi connectivity index (χ1n) is 6.37. The fourth-order valence-electron chi connectivity index (χ4n) is 2.16. The summed E-state index contributed by atoms with van der Waals surface area (Å²) in [6.07, 6.45) is 5.38. The average molecular weight is 279 g/mol. The summed E-state index contributed by atoms with van der Waals surface area (Å²) in [6, 6.07) is 5.49. The summed E-state index contributed by atoms with van der Waals surface area (Å²) < 4.78 is 10.8. The second-order valence-electron chi connectivity index (χ2n) is 4.85. The number of anilines is 1. The molecule has 1 aromatic heterocycles. The van der Waals surface area contributed by atoms with Crippen molar-refractivity contribution in [1.29, 1.82) is 0 Å². The van der Waals surface area contributed by atoms with Crippen LogP contribution in [-0.4, -0.2) is 11.8 Å². The number of benzene rings is 1. The van der Waals surface area contributed by atoms with Crippen LogP contribution in [0.5, 0.6) is 5.75 Å². The summed E-state index contributed by atoms with van der Waals surface area (Å²) >= 11 is 6.04. The fraction of sp³-hybridized carbons (Fsp3) is 0.357. The van der Waals surface area contributed by atoms with Crippen LogP contribution < -0.4 is 10.5 Å². The van der Waals surface area contributed by atoms with E-state index in [1.54, 1.807) is 6.20 Å². The Kier molecular flexibility index (Phi) is 3.34. The van der Waals surface area contributed by atoms with E-state index in [4.69, 9.17) is 26.6 Å². The highest BCUT2D eigenvalue weighted by atomic mass is 35.5. The molecule has 2 aromatic rings. The van der Waals surface area contributed by atoms with Crippen molar-refractivity contribution in [3.8, 4) is 16.9 Å². The van der Waals surface area contributed by atoms with Crippen molar-refractivity contribution in [1.82, 2.24) is 5.16 Å². The highest BCUT2D eigenvalue weighted by Crippen LogP contribution is 2.36. The van der Waals surface area contributed by atoms with E-state index < -0.39 is 0 Å². The molecule has 0 radical (unpaired) electrons. The molecule has 3 rings (SSSR count). The number of ether oxygens (including phenoxy) is 1. The molecule has 0 aliphatic heterocycles. The molecule has 1 heterocycles.